The molecular formula is C19H23N3O3. The Morgan fingerprint density at radius 2 is 2.00 bits per heavy atom. The predicted molar refractivity (Wildman–Crippen MR) is 95.1 cm³/mol. The minimum absolute atomic E-state index is 0.0149. The van der Waals surface area contributed by atoms with Crippen LogP contribution < -0.4 is 0 Å². The van der Waals surface area contributed by atoms with E-state index in [-0.39, 0.29) is 24.1 Å². The first-order chi connectivity index (χ1) is 12.1. The van der Waals surface area contributed by atoms with Crippen LogP contribution in [0.15, 0.2) is 42.6 Å². The molecular weight excluding hydrogens is 318 g/mol. The van der Waals surface area contributed by atoms with Gasteiger partial charge in [0.15, 0.2) is 0 Å². The Morgan fingerprint density at radius 1 is 1.20 bits per heavy atom. The van der Waals surface area contributed by atoms with Gasteiger partial charge in [0.2, 0.25) is 5.91 Å². The van der Waals surface area contributed by atoms with Gasteiger partial charge in [-0.15, -0.1) is 0 Å². The second-order valence-electron chi connectivity index (χ2n) is 6.56. The van der Waals surface area contributed by atoms with Crippen LogP contribution in [0.1, 0.15) is 43.0 Å². The molecule has 1 aliphatic rings. The topological polar surface area (TPSA) is 68.4 Å². The quantitative estimate of drug-likeness (QED) is 0.630. The zero-order chi connectivity index (χ0) is 17.8. The van der Waals surface area contributed by atoms with E-state index in [1.165, 1.54) is 6.07 Å². The van der Waals surface area contributed by atoms with Gasteiger partial charge in [0, 0.05) is 37.1 Å². The van der Waals surface area contributed by atoms with Gasteiger partial charge in [-0.1, -0.05) is 31.0 Å². The largest absolute Gasteiger partial charge is 0.353 e. The molecule has 0 aliphatic carbocycles. The number of nitro benzene ring substituents is 1. The predicted octanol–water partition coefficient (Wildman–Crippen LogP) is 3.62. The third-order valence-electron chi connectivity index (χ3n) is 4.93. The Labute approximate surface area is 147 Å². The number of aromatic nitrogens is 1. The summed E-state index contributed by atoms with van der Waals surface area (Å²) < 4.78 is 2.06. The van der Waals surface area contributed by atoms with Crippen molar-refractivity contribution < 1.29 is 9.72 Å². The number of hydrogen-bond donors (Lipinski definition) is 0. The van der Waals surface area contributed by atoms with E-state index < -0.39 is 4.92 Å². The molecule has 1 aromatic heterocycles. The minimum Gasteiger partial charge on any atom is -0.353 e. The van der Waals surface area contributed by atoms with E-state index in [1.54, 1.807) is 18.2 Å². The number of amides is 1. The molecule has 1 atom stereocenters. The highest BCUT2D eigenvalue weighted by Gasteiger charge is 2.29. The molecule has 0 bridgehead atoms. The van der Waals surface area contributed by atoms with Gasteiger partial charge in [0.25, 0.3) is 5.69 Å². The number of aryl methyl sites for hydroxylation is 1. The van der Waals surface area contributed by atoms with Gasteiger partial charge >= 0.3 is 0 Å². The molecule has 1 saturated heterocycles. The average molecular weight is 341 g/mol. The summed E-state index contributed by atoms with van der Waals surface area (Å²) in [6.07, 6.45) is 6.16. The number of carbonyl (C=O) groups is 1. The lowest BCUT2D eigenvalue weighted by Crippen LogP contribution is -2.36. The van der Waals surface area contributed by atoms with Crippen LogP contribution in [0.2, 0.25) is 0 Å². The molecule has 0 N–H and O–H groups in total. The van der Waals surface area contributed by atoms with E-state index >= 15 is 0 Å². The van der Waals surface area contributed by atoms with E-state index in [0.717, 1.165) is 31.4 Å². The summed E-state index contributed by atoms with van der Waals surface area (Å²) in [5.41, 5.74) is 1.62. The minimum atomic E-state index is -0.417. The molecule has 1 unspecified atom stereocenters. The van der Waals surface area contributed by atoms with Crippen molar-refractivity contribution in [2.75, 3.05) is 6.54 Å². The van der Waals surface area contributed by atoms with E-state index in [4.69, 9.17) is 0 Å². The first-order valence-electron chi connectivity index (χ1n) is 8.71. The molecule has 1 aliphatic heterocycles. The Kier molecular flexibility index (Phi) is 5.16. The summed E-state index contributed by atoms with van der Waals surface area (Å²) in [6.45, 7) is 0.704. The molecule has 0 radical (unpaired) electrons. The number of hydrogen-bond acceptors (Lipinski definition) is 3. The second-order valence-corrected chi connectivity index (χ2v) is 6.56. The van der Waals surface area contributed by atoms with Crippen LogP contribution in [0.3, 0.4) is 0 Å². The number of para-hydroxylation sites is 1. The molecule has 1 fully saturated rings. The van der Waals surface area contributed by atoms with Crippen molar-refractivity contribution >= 4 is 11.6 Å². The fourth-order valence-corrected chi connectivity index (χ4v) is 3.64. The number of rotatable bonds is 4. The summed E-state index contributed by atoms with van der Waals surface area (Å²) in [5.74, 6) is -0.0394. The Bertz CT molecular complexity index is 769. The van der Waals surface area contributed by atoms with E-state index in [2.05, 4.69) is 10.6 Å². The molecule has 0 saturated carbocycles. The molecule has 1 amide bonds. The zero-order valence-corrected chi connectivity index (χ0v) is 14.4. The van der Waals surface area contributed by atoms with Gasteiger partial charge in [0.05, 0.1) is 17.4 Å². The van der Waals surface area contributed by atoms with Crippen LogP contribution in [0.5, 0.6) is 0 Å². The maximum absolute atomic E-state index is 13.0. The zero-order valence-electron chi connectivity index (χ0n) is 14.4. The normalized spacial score (nSPS) is 18.0. The third-order valence-corrected chi connectivity index (χ3v) is 4.93. The number of carbonyl (C=O) groups excluding carboxylic acids is 1. The standard InChI is InChI=1S/C19H23N3O3/c1-20-12-7-11-17(20)18-10-3-2-6-13-21(18)19(23)14-15-8-4-5-9-16(15)22(24)25/h4-5,7-9,11-12,18H,2-3,6,10,13-14H2,1H3. The highest BCUT2D eigenvalue weighted by atomic mass is 16.6. The van der Waals surface area contributed by atoms with E-state index in [9.17, 15) is 14.9 Å². The van der Waals surface area contributed by atoms with Crippen LogP contribution in [-0.4, -0.2) is 26.8 Å². The number of benzene rings is 1. The first kappa shape index (κ1) is 17.2. The van der Waals surface area contributed by atoms with Gasteiger partial charge in [-0.05, 0) is 25.0 Å². The average Bonchev–Trinajstić information content (AvgIpc) is 2.87. The molecule has 3 rings (SSSR count). The molecule has 1 aromatic carbocycles. The molecule has 25 heavy (non-hydrogen) atoms. The van der Waals surface area contributed by atoms with Gasteiger partial charge in [-0.2, -0.15) is 0 Å². The number of nitrogens with zero attached hydrogens (tertiary/aromatic N) is 3. The van der Waals surface area contributed by atoms with Crippen molar-refractivity contribution in [3.05, 3.63) is 64.0 Å². The Morgan fingerprint density at radius 3 is 2.72 bits per heavy atom. The molecule has 2 heterocycles. The van der Waals surface area contributed by atoms with E-state index in [0.29, 0.717) is 12.1 Å². The lowest BCUT2D eigenvalue weighted by Gasteiger charge is -2.30. The summed E-state index contributed by atoms with van der Waals surface area (Å²) in [6, 6.07) is 10.6. The van der Waals surface area contributed by atoms with Gasteiger partial charge in [0.1, 0.15) is 0 Å². The Hall–Kier alpha value is -2.63. The summed E-state index contributed by atoms with van der Waals surface area (Å²) >= 11 is 0. The molecule has 132 valence electrons. The fourth-order valence-electron chi connectivity index (χ4n) is 3.64. The van der Waals surface area contributed by atoms with Gasteiger partial charge in [-0.3, -0.25) is 14.9 Å². The van der Waals surface area contributed by atoms with E-state index in [1.807, 2.05) is 24.2 Å². The maximum atomic E-state index is 13.0. The van der Waals surface area contributed by atoms with Crippen LogP contribution >= 0.6 is 0 Å². The smallest absolute Gasteiger partial charge is 0.273 e. The molecule has 2 aromatic rings. The van der Waals surface area contributed by atoms with Crippen molar-refractivity contribution in [3.63, 3.8) is 0 Å². The lowest BCUT2D eigenvalue weighted by atomic mass is 10.0. The fraction of sp³-hybridized carbons (Fsp3) is 0.421. The second kappa shape index (κ2) is 7.51. The highest BCUT2D eigenvalue weighted by Crippen LogP contribution is 2.31. The molecule has 0 spiro atoms. The number of nitro groups is 1. The summed E-state index contributed by atoms with van der Waals surface area (Å²) in [5, 5.41) is 11.2. The van der Waals surface area contributed by atoms with Crippen LogP contribution in [0, 0.1) is 10.1 Å². The first-order valence-corrected chi connectivity index (χ1v) is 8.71. The monoisotopic (exact) mass is 341 g/mol. The van der Waals surface area contributed by atoms with Crippen molar-refractivity contribution in [3.8, 4) is 0 Å². The number of likely N-dealkylation sites (tertiary alicyclic amines) is 1. The van der Waals surface area contributed by atoms with Crippen molar-refractivity contribution in [2.24, 2.45) is 7.05 Å². The van der Waals surface area contributed by atoms with Gasteiger partial charge in [-0.25, -0.2) is 0 Å². The van der Waals surface area contributed by atoms with Crippen LogP contribution in [0.4, 0.5) is 5.69 Å². The van der Waals surface area contributed by atoms with Gasteiger partial charge < -0.3 is 9.47 Å². The van der Waals surface area contributed by atoms with Crippen molar-refractivity contribution in [1.82, 2.24) is 9.47 Å². The molecule has 6 nitrogen and oxygen atoms in total. The maximum Gasteiger partial charge on any atom is 0.273 e. The highest BCUT2D eigenvalue weighted by molar-refractivity contribution is 5.80. The third kappa shape index (κ3) is 3.73. The molecule has 6 heteroatoms. The van der Waals surface area contributed by atoms with Crippen LogP contribution in [0.25, 0.3) is 0 Å². The summed E-state index contributed by atoms with van der Waals surface area (Å²) in [4.78, 5) is 25.7. The Balaban J connectivity index is 1.86. The van der Waals surface area contributed by atoms with Crippen molar-refractivity contribution in [1.29, 1.82) is 0 Å². The SMILES string of the molecule is Cn1cccc1C1CCCCCN1C(=O)Cc1ccccc1[N+](=O)[O-]. The summed E-state index contributed by atoms with van der Waals surface area (Å²) in [7, 11) is 1.99. The lowest BCUT2D eigenvalue weighted by molar-refractivity contribution is -0.385. The van der Waals surface area contributed by atoms with Crippen LogP contribution in [-0.2, 0) is 18.3 Å². The van der Waals surface area contributed by atoms with Crippen molar-refractivity contribution in [2.45, 2.75) is 38.1 Å².